The lowest BCUT2D eigenvalue weighted by Gasteiger charge is -2.21. The molecular formula is C19H25NO3S. The van der Waals surface area contributed by atoms with Crippen LogP contribution in [0.5, 0.6) is 5.75 Å². The summed E-state index contributed by atoms with van der Waals surface area (Å²) in [5, 5.41) is 15.3. The summed E-state index contributed by atoms with van der Waals surface area (Å²) in [5.74, 6) is 0.718. The predicted molar refractivity (Wildman–Crippen MR) is 97.6 cm³/mol. The molecule has 0 bridgehead atoms. The maximum Gasteiger partial charge on any atom is 0.220 e. The number of ether oxygens (including phenoxy) is 1. The Bertz CT molecular complexity index is 651. The van der Waals surface area contributed by atoms with E-state index in [1.807, 2.05) is 19.1 Å². The zero-order valence-electron chi connectivity index (χ0n) is 14.4. The van der Waals surface area contributed by atoms with Gasteiger partial charge in [-0.3, -0.25) is 4.79 Å². The first-order valence-electron chi connectivity index (χ1n) is 8.15. The fourth-order valence-corrected chi connectivity index (χ4v) is 3.52. The van der Waals surface area contributed by atoms with E-state index < -0.39 is 6.10 Å². The van der Waals surface area contributed by atoms with Crippen LogP contribution in [0.15, 0.2) is 35.7 Å². The molecule has 2 N–H and O–H groups in total. The van der Waals surface area contributed by atoms with Crippen molar-refractivity contribution >= 4 is 17.2 Å². The number of methoxy groups -OCH3 is 1. The highest BCUT2D eigenvalue weighted by atomic mass is 32.1. The number of benzene rings is 1. The van der Waals surface area contributed by atoms with Crippen LogP contribution < -0.4 is 10.1 Å². The number of nitrogens with one attached hydrogen (secondary N) is 1. The number of hydrogen-bond donors (Lipinski definition) is 2. The third-order valence-corrected chi connectivity index (χ3v) is 5.18. The predicted octanol–water partition coefficient (Wildman–Crippen LogP) is 3.63. The van der Waals surface area contributed by atoms with E-state index in [1.54, 1.807) is 30.6 Å². The smallest absolute Gasteiger partial charge is 0.220 e. The Hall–Kier alpha value is -1.85. The largest absolute Gasteiger partial charge is 0.497 e. The lowest BCUT2D eigenvalue weighted by atomic mass is 10.0. The quantitative estimate of drug-likeness (QED) is 0.767. The highest BCUT2D eigenvalue weighted by Gasteiger charge is 2.18. The molecule has 2 rings (SSSR count). The molecule has 0 radical (unpaired) electrons. The molecule has 2 unspecified atom stereocenters. The van der Waals surface area contributed by atoms with Gasteiger partial charge in [0.2, 0.25) is 5.91 Å². The fourth-order valence-electron chi connectivity index (χ4n) is 2.56. The van der Waals surface area contributed by atoms with E-state index in [-0.39, 0.29) is 11.9 Å². The van der Waals surface area contributed by atoms with Gasteiger partial charge in [-0.05, 0) is 61.4 Å². The van der Waals surface area contributed by atoms with Crippen molar-refractivity contribution in [3.63, 3.8) is 0 Å². The third-order valence-electron chi connectivity index (χ3n) is 4.10. The molecule has 0 aliphatic rings. The van der Waals surface area contributed by atoms with Crippen molar-refractivity contribution in [2.24, 2.45) is 0 Å². The van der Waals surface area contributed by atoms with Gasteiger partial charge < -0.3 is 15.2 Å². The van der Waals surface area contributed by atoms with Crippen LogP contribution >= 0.6 is 11.3 Å². The minimum atomic E-state index is -0.737. The molecule has 0 aliphatic heterocycles. The van der Waals surface area contributed by atoms with Crippen molar-refractivity contribution in [2.75, 3.05) is 7.11 Å². The maximum atomic E-state index is 12.1. The molecule has 1 aromatic heterocycles. The Kier molecular flexibility index (Phi) is 6.82. The number of carbonyl (C=O) groups is 1. The SMILES string of the molecule is COc1ccc(C(O)C(C)NC(=O)CCCc2sccc2C)cc1. The number of rotatable bonds is 8. The standard InChI is InChI=1S/C19H25NO3S/c1-13-11-12-24-17(13)5-4-6-18(21)20-14(2)19(22)15-7-9-16(23-3)10-8-15/h7-12,14,19,22H,4-6H2,1-3H3,(H,20,21). The molecule has 2 aromatic rings. The van der Waals surface area contributed by atoms with E-state index in [9.17, 15) is 9.90 Å². The molecule has 1 amide bonds. The first kappa shape index (κ1) is 18.5. The summed E-state index contributed by atoms with van der Waals surface area (Å²) in [5.41, 5.74) is 2.06. The van der Waals surface area contributed by atoms with Crippen LogP contribution in [0.4, 0.5) is 0 Å². The molecule has 2 atom stereocenters. The van der Waals surface area contributed by atoms with Gasteiger partial charge in [-0.25, -0.2) is 0 Å². The summed E-state index contributed by atoms with van der Waals surface area (Å²) in [7, 11) is 1.60. The summed E-state index contributed by atoms with van der Waals surface area (Å²) in [4.78, 5) is 13.4. The van der Waals surface area contributed by atoms with E-state index in [0.717, 1.165) is 24.2 Å². The Morgan fingerprint density at radius 3 is 2.58 bits per heavy atom. The molecule has 0 saturated heterocycles. The summed E-state index contributed by atoms with van der Waals surface area (Å²) in [6, 6.07) is 8.99. The van der Waals surface area contributed by atoms with Crippen LogP contribution in [0.2, 0.25) is 0 Å². The minimum absolute atomic E-state index is 0.0238. The zero-order chi connectivity index (χ0) is 17.5. The lowest BCUT2D eigenvalue weighted by molar-refractivity contribution is -0.122. The third kappa shape index (κ3) is 5.08. The minimum Gasteiger partial charge on any atom is -0.497 e. The van der Waals surface area contributed by atoms with Gasteiger partial charge in [0.1, 0.15) is 5.75 Å². The van der Waals surface area contributed by atoms with Gasteiger partial charge in [-0.15, -0.1) is 11.3 Å². The second-order valence-electron chi connectivity index (χ2n) is 5.95. The van der Waals surface area contributed by atoms with Crippen LogP contribution in [0, 0.1) is 6.92 Å². The Morgan fingerprint density at radius 2 is 2.00 bits per heavy atom. The summed E-state index contributed by atoms with van der Waals surface area (Å²) in [6.45, 7) is 3.91. The first-order chi connectivity index (χ1) is 11.5. The number of aryl methyl sites for hydroxylation is 2. The normalized spacial score (nSPS) is 13.3. The summed E-state index contributed by atoms with van der Waals surface area (Å²) in [6.07, 6.45) is 1.47. The van der Waals surface area contributed by atoms with Crippen LogP contribution in [0.1, 0.15) is 41.9 Å². The van der Waals surface area contributed by atoms with Gasteiger partial charge in [-0.1, -0.05) is 12.1 Å². The van der Waals surface area contributed by atoms with E-state index >= 15 is 0 Å². The molecule has 24 heavy (non-hydrogen) atoms. The van der Waals surface area contributed by atoms with Gasteiger partial charge >= 0.3 is 0 Å². The summed E-state index contributed by atoms with van der Waals surface area (Å²) < 4.78 is 5.11. The molecule has 1 heterocycles. The van der Waals surface area contributed by atoms with Crippen molar-refractivity contribution in [3.8, 4) is 5.75 Å². The van der Waals surface area contributed by atoms with Crippen LogP contribution in [0.25, 0.3) is 0 Å². The zero-order valence-corrected chi connectivity index (χ0v) is 15.2. The van der Waals surface area contributed by atoms with Gasteiger partial charge in [0.25, 0.3) is 0 Å². The Balaban J connectivity index is 1.78. The van der Waals surface area contributed by atoms with Crippen molar-refractivity contribution in [2.45, 2.75) is 45.3 Å². The molecule has 0 spiro atoms. The average Bonchev–Trinajstić information content (AvgIpc) is 2.99. The van der Waals surface area contributed by atoms with Crippen molar-refractivity contribution in [1.82, 2.24) is 5.32 Å². The molecule has 4 nitrogen and oxygen atoms in total. The highest BCUT2D eigenvalue weighted by Crippen LogP contribution is 2.21. The van der Waals surface area contributed by atoms with Gasteiger partial charge in [0.15, 0.2) is 0 Å². The number of amides is 1. The molecule has 0 aliphatic carbocycles. The number of hydrogen-bond acceptors (Lipinski definition) is 4. The van der Waals surface area contributed by atoms with E-state index in [0.29, 0.717) is 6.42 Å². The summed E-state index contributed by atoms with van der Waals surface area (Å²) >= 11 is 1.74. The second kappa shape index (κ2) is 8.85. The maximum absolute atomic E-state index is 12.1. The second-order valence-corrected chi connectivity index (χ2v) is 6.96. The number of carbonyl (C=O) groups excluding carboxylic acids is 1. The van der Waals surface area contributed by atoms with Gasteiger partial charge in [0.05, 0.1) is 19.3 Å². The van der Waals surface area contributed by atoms with Gasteiger partial charge in [-0.2, -0.15) is 0 Å². The van der Waals surface area contributed by atoms with Crippen LogP contribution in [-0.2, 0) is 11.2 Å². The first-order valence-corrected chi connectivity index (χ1v) is 9.03. The van der Waals surface area contributed by atoms with E-state index in [2.05, 4.69) is 23.7 Å². The average molecular weight is 347 g/mol. The number of thiophene rings is 1. The van der Waals surface area contributed by atoms with E-state index in [1.165, 1.54) is 10.4 Å². The fraction of sp³-hybridized carbons (Fsp3) is 0.421. The monoisotopic (exact) mass is 347 g/mol. The lowest BCUT2D eigenvalue weighted by Crippen LogP contribution is -2.36. The van der Waals surface area contributed by atoms with Crippen molar-refractivity contribution in [1.29, 1.82) is 0 Å². The molecule has 0 fully saturated rings. The van der Waals surface area contributed by atoms with Crippen LogP contribution in [0.3, 0.4) is 0 Å². The Morgan fingerprint density at radius 1 is 1.29 bits per heavy atom. The molecule has 0 saturated carbocycles. The molecule has 5 heteroatoms. The molecule has 130 valence electrons. The van der Waals surface area contributed by atoms with E-state index in [4.69, 9.17) is 4.74 Å². The molecule has 1 aromatic carbocycles. The number of aliphatic hydroxyl groups excluding tert-OH is 1. The topological polar surface area (TPSA) is 58.6 Å². The van der Waals surface area contributed by atoms with Crippen molar-refractivity contribution < 1.29 is 14.6 Å². The van der Waals surface area contributed by atoms with Gasteiger partial charge in [0, 0.05) is 11.3 Å². The van der Waals surface area contributed by atoms with Crippen LogP contribution in [-0.4, -0.2) is 24.2 Å². The highest BCUT2D eigenvalue weighted by molar-refractivity contribution is 7.10. The Labute approximate surface area is 147 Å². The molecular weight excluding hydrogens is 322 g/mol. The number of aliphatic hydroxyl groups is 1. The van der Waals surface area contributed by atoms with Crippen molar-refractivity contribution in [3.05, 3.63) is 51.7 Å².